The Morgan fingerprint density at radius 3 is 2.77 bits per heavy atom. The Hall–Kier alpha value is -5.12. The zero-order valence-corrected chi connectivity index (χ0v) is 21.6. The molecule has 2 aliphatic heterocycles. The number of aromatic amines is 1. The highest BCUT2D eigenvalue weighted by Gasteiger charge is 2.48. The van der Waals surface area contributed by atoms with E-state index in [-0.39, 0.29) is 30.6 Å². The number of H-pyrrole nitrogens is 1. The lowest BCUT2D eigenvalue weighted by atomic mass is 9.86. The van der Waals surface area contributed by atoms with Crippen molar-refractivity contribution in [1.29, 1.82) is 0 Å². The van der Waals surface area contributed by atoms with Gasteiger partial charge in [0.2, 0.25) is 11.8 Å². The van der Waals surface area contributed by atoms with Gasteiger partial charge in [0.1, 0.15) is 23.9 Å². The molecule has 2 N–H and O–H groups in total. The summed E-state index contributed by atoms with van der Waals surface area (Å²) in [5.41, 5.74) is 5.42. The zero-order valence-electron chi connectivity index (χ0n) is 21.6. The van der Waals surface area contributed by atoms with Crippen LogP contribution in [0, 0.1) is 10.1 Å². The number of benzene rings is 3. The van der Waals surface area contributed by atoms with Gasteiger partial charge in [-0.1, -0.05) is 30.3 Å². The Morgan fingerprint density at radius 2 is 1.95 bits per heavy atom. The van der Waals surface area contributed by atoms with Crippen LogP contribution in [0.1, 0.15) is 28.4 Å². The number of carbonyl (C=O) groups is 2. The monoisotopic (exact) mass is 535 g/mol. The summed E-state index contributed by atoms with van der Waals surface area (Å²) in [6.07, 6.45) is 2.01. The molecule has 200 valence electrons. The van der Waals surface area contributed by atoms with Crippen LogP contribution in [-0.4, -0.2) is 51.2 Å². The quantitative estimate of drug-likeness (QED) is 0.247. The van der Waals surface area contributed by atoms with E-state index in [4.69, 9.17) is 4.42 Å². The number of hydrogen-bond acceptors (Lipinski definition) is 6. The standard InChI is InChI=1S/C30H25N5O5/c1-31-23-8-6-17(12-24(23)35(38)39)15-33-16-27(36)34-25(30(33)37)14-21-20-4-2-3-5-22(20)32-28(21)29(34)19-7-9-26-18(13-19)10-11-40-26/h2-13,25,29,31-32H,14-16H2,1H3/t25-,29-/m1/s1. The first-order valence-electron chi connectivity index (χ1n) is 13.0. The van der Waals surface area contributed by atoms with E-state index in [1.54, 1.807) is 30.3 Å². The van der Waals surface area contributed by atoms with Crippen molar-refractivity contribution in [1.82, 2.24) is 14.8 Å². The number of nitrogens with one attached hydrogen (secondary N) is 2. The minimum atomic E-state index is -0.704. The second kappa shape index (κ2) is 8.98. The third-order valence-electron chi connectivity index (χ3n) is 8.04. The second-order valence-corrected chi connectivity index (χ2v) is 10.3. The van der Waals surface area contributed by atoms with Crippen LogP contribution in [0.2, 0.25) is 0 Å². The van der Waals surface area contributed by atoms with Gasteiger partial charge in [0, 0.05) is 48.1 Å². The smallest absolute Gasteiger partial charge is 0.292 e. The van der Waals surface area contributed by atoms with Crippen molar-refractivity contribution in [2.24, 2.45) is 0 Å². The van der Waals surface area contributed by atoms with Gasteiger partial charge in [0.05, 0.1) is 17.2 Å². The number of aromatic nitrogens is 1. The highest BCUT2D eigenvalue weighted by atomic mass is 16.6. The molecule has 4 heterocycles. The van der Waals surface area contributed by atoms with Gasteiger partial charge in [-0.25, -0.2) is 0 Å². The molecule has 1 saturated heterocycles. The minimum Gasteiger partial charge on any atom is -0.464 e. The number of rotatable bonds is 5. The number of nitrogens with zero attached hydrogens (tertiary/aromatic N) is 3. The number of nitro benzene ring substituents is 1. The maximum atomic E-state index is 14.0. The van der Waals surface area contributed by atoms with Crippen molar-refractivity contribution in [3.8, 4) is 0 Å². The lowest BCUT2D eigenvalue weighted by Crippen LogP contribution is -2.62. The fourth-order valence-electron chi connectivity index (χ4n) is 6.22. The number of nitro groups is 1. The van der Waals surface area contributed by atoms with Crippen LogP contribution < -0.4 is 5.32 Å². The molecule has 10 heteroatoms. The first kappa shape index (κ1) is 24.0. The van der Waals surface area contributed by atoms with Crippen molar-refractivity contribution in [3.05, 3.63) is 105 Å². The number of hydrogen-bond donors (Lipinski definition) is 2. The molecule has 0 radical (unpaired) electrons. The summed E-state index contributed by atoms with van der Waals surface area (Å²) in [5.74, 6) is -0.349. The predicted molar refractivity (Wildman–Crippen MR) is 149 cm³/mol. The molecule has 2 aromatic heterocycles. The third kappa shape index (κ3) is 3.64. The number of fused-ring (bicyclic) bond motifs is 5. The molecule has 2 amide bonds. The summed E-state index contributed by atoms with van der Waals surface area (Å²) in [4.78, 5) is 45.8. The minimum absolute atomic E-state index is 0.0757. The fourth-order valence-corrected chi connectivity index (χ4v) is 6.22. The maximum absolute atomic E-state index is 14.0. The molecular weight excluding hydrogens is 510 g/mol. The summed E-state index contributed by atoms with van der Waals surface area (Å²) >= 11 is 0. The van der Waals surface area contributed by atoms with Crippen molar-refractivity contribution in [2.75, 3.05) is 18.9 Å². The van der Waals surface area contributed by atoms with E-state index in [0.29, 0.717) is 17.7 Å². The molecule has 0 spiro atoms. The fraction of sp³-hybridized carbons (Fsp3) is 0.200. The van der Waals surface area contributed by atoms with Gasteiger partial charge in [-0.3, -0.25) is 19.7 Å². The Morgan fingerprint density at radius 1 is 1.10 bits per heavy atom. The van der Waals surface area contributed by atoms with Crippen LogP contribution in [0.4, 0.5) is 11.4 Å². The molecule has 5 aromatic rings. The van der Waals surface area contributed by atoms with Gasteiger partial charge in [-0.05, 0) is 47.0 Å². The van der Waals surface area contributed by atoms with Gasteiger partial charge < -0.3 is 24.5 Å². The Balaban J connectivity index is 1.30. The van der Waals surface area contributed by atoms with Crippen LogP contribution in [0.25, 0.3) is 21.9 Å². The molecular formula is C30H25N5O5. The average molecular weight is 536 g/mol. The first-order chi connectivity index (χ1) is 19.4. The molecule has 0 unspecified atom stereocenters. The summed E-state index contributed by atoms with van der Waals surface area (Å²) < 4.78 is 5.54. The van der Waals surface area contributed by atoms with E-state index in [2.05, 4.69) is 10.3 Å². The van der Waals surface area contributed by atoms with Crippen molar-refractivity contribution < 1.29 is 18.9 Å². The number of amides is 2. The molecule has 10 nitrogen and oxygen atoms in total. The molecule has 0 bridgehead atoms. The van der Waals surface area contributed by atoms with Gasteiger partial charge in [0.15, 0.2) is 0 Å². The van der Waals surface area contributed by atoms with Crippen molar-refractivity contribution in [2.45, 2.75) is 25.0 Å². The van der Waals surface area contributed by atoms with Crippen LogP contribution in [0.15, 0.2) is 77.4 Å². The van der Waals surface area contributed by atoms with E-state index in [0.717, 1.165) is 38.7 Å². The molecule has 40 heavy (non-hydrogen) atoms. The van der Waals surface area contributed by atoms with E-state index >= 15 is 0 Å². The van der Waals surface area contributed by atoms with Gasteiger partial charge in [0.25, 0.3) is 5.69 Å². The SMILES string of the molecule is CNc1ccc(CN2CC(=O)N3[C@H](c4ccc5occc5c4)c4[nH]c5ccccc5c4C[C@@H]3C2=O)cc1[N+](=O)[O-]. The number of furan rings is 1. The first-order valence-corrected chi connectivity index (χ1v) is 13.0. The van der Waals surface area contributed by atoms with E-state index in [9.17, 15) is 19.7 Å². The largest absolute Gasteiger partial charge is 0.464 e. The van der Waals surface area contributed by atoms with Gasteiger partial charge in [-0.15, -0.1) is 0 Å². The van der Waals surface area contributed by atoms with E-state index < -0.39 is 17.0 Å². The average Bonchev–Trinajstić information content (AvgIpc) is 3.58. The molecule has 3 aromatic carbocycles. The third-order valence-corrected chi connectivity index (χ3v) is 8.04. The van der Waals surface area contributed by atoms with Crippen LogP contribution in [-0.2, 0) is 22.6 Å². The van der Waals surface area contributed by atoms with Crippen LogP contribution in [0.3, 0.4) is 0 Å². The maximum Gasteiger partial charge on any atom is 0.292 e. The Kier molecular flexibility index (Phi) is 5.38. The highest BCUT2D eigenvalue weighted by Crippen LogP contribution is 2.43. The van der Waals surface area contributed by atoms with Crippen LogP contribution in [0.5, 0.6) is 0 Å². The van der Waals surface area contributed by atoms with Crippen molar-refractivity contribution >= 4 is 45.1 Å². The molecule has 2 atom stereocenters. The van der Waals surface area contributed by atoms with Crippen LogP contribution >= 0.6 is 0 Å². The number of anilines is 1. The second-order valence-electron chi connectivity index (χ2n) is 10.3. The van der Waals surface area contributed by atoms with Gasteiger partial charge >= 0.3 is 0 Å². The predicted octanol–water partition coefficient (Wildman–Crippen LogP) is 4.75. The normalized spacial score (nSPS) is 18.7. The molecule has 1 fully saturated rings. The molecule has 7 rings (SSSR count). The summed E-state index contributed by atoms with van der Waals surface area (Å²) in [6.45, 7) is -0.0109. The Labute approximate surface area is 228 Å². The molecule has 2 aliphatic rings. The summed E-state index contributed by atoms with van der Waals surface area (Å²) in [6, 6.07) is 19.3. The lowest BCUT2D eigenvalue weighted by molar-refractivity contribution is -0.384. The summed E-state index contributed by atoms with van der Waals surface area (Å²) in [5, 5.41) is 16.3. The number of piperazine rings is 1. The molecule has 0 aliphatic carbocycles. The zero-order chi connectivity index (χ0) is 27.5. The van der Waals surface area contributed by atoms with E-state index in [1.807, 2.05) is 48.5 Å². The Bertz CT molecular complexity index is 1840. The van der Waals surface area contributed by atoms with Gasteiger partial charge in [-0.2, -0.15) is 0 Å². The number of carbonyl (C=O) groups excluding carboxylic acids is 2. The van der Waals surface area contributed by atoms with E-state index in [1.165, 1.54) is 11.0 Å². The van der Waals surface area contributed by atoms with Crippen molar-refractivity contribution in [3.63, 3.8) is 0 Å². The topological polar surface area (TPSA) is 125 Å². The summed E-state index contributed by atoms with van der Waals surface area (Å²) in [7, 11) is 1.62. The highest BCUT2D eigenvalue weighted by molar-refractivity contribution is 5.98. The number of para-hydroxylation sites is 1. The molecule has 0 saturated carbocycles. The lowest BCUT2D eigenvalue weighted by Gasteiger charge is -2.47.